The summed E-state index contributed by atoms with van der Waals surface area (Å²) in [5.41, 5.74) is 9.51. The minimum absolute atomic E-state index is 0.370. The Morgan fingerprint density at radius 3 is 1.67 bits per heavy atom. The molecule has 232 valence electrons. The van der Waals surface area contributed by atoms with Gasteiger partial charge in [0.05, 0.1) is 11.6 Å². The fraction of sp³-hybridized carbons (Fsp3) is 0.233. The number of nitriles is 1. The molecule has 0 unspecified atom stereocenters. The third-order valence-corrected chi connectivity index (χ3v) is 11.0. The Labute approximate surface area is 281 Å². The zero-order valence-electron chi connectivity index (χ0n) is 26.8. The Morgan fingerprint density at radius 2 is 1.04 bits per heavy atom. The molecule has 4 aliphatic carbocycles. The van der Waals surface area contributed by atoms with E-state index in [0.29, 0.717) is 28.5 Å². The third kappa shape index (κ3) is 5.28. The van der Waals surface area contributed by atoms with Gasteiger partial charge in [0.15, 0.2) is 17.5 Å². The summed E-state index contributed by atoms with van der Waals surface area (Å²) in [6, 6.07) is 39.9. The molecule has 10 rings (SSSR count). The van der Waals surface area contributed by atoms with Crippen molar-refractivity contribution in [1.82, 2.24) is 19.9 Å². The van der Waals surface area contributed by atoms with Crippen LogP contribution in [0.4, 0.5) is 0 Å². The van der Waals surface area contributed by atoms with E-state index >= 15 is 0 Å². The van der Waals surface area contributed by atoms with E-state index in [-0.39, 0.29) is 0 Å². The maximum atomic E-state index is 9.59. The molecule has 48 heavy (non-hydrogen) atoms. The predicted octanol–water partition coefficient (Wildman–Crippen LogP) is 9.94. The Hall–Kier alpha value is -5.47. The van der Waals surface area contributed by atoms with Crippen LogP contribution in [-0.2, 0) is 5.41 Å². The van der Waals surface area contributed by atoms with Gasteiger partial charge in [0.2, 0.25) is 0 Å². The summed E-state index contributed by atoms with van der Waals surface area (Å²) in [7, 11) is 0. The maximum Gasteiger partial charge on any atom is 0.164 e. The Bertz CT molecular complexity index is 2130. The molecule has 0 saturated heterocycles. The quantitative estimate of drug-likeness (QED) is 0.185. The van der Waals surface area contributed by atoms with Gasteiger partial charge in [-0.15, -0.1) is 0 Å². The standard InChI is InChI=1S/C43H35N5/c44-27-28-5-4-8-35(20-28)41-46-40(34-6-2-1-3-7-34)47-42(48-41)38-22-36(21-37(23-38)33-13-15-45-16-14-33)32-9-11-39(12-10-32)43-24-29-17-30(25-43)19-31(18-29)26-43/h1-16,20-23,29-31H,17-19,24-26H2/t29-,30+,31-,43?. The smallest absolute Gasteiger partial charge is 0.164 e. The molecule has 4 saturated carbocycles. The van der Waals surface area contributed by atoms with E-state index in [2.05, 4.69) is 53.5 Å². The number of rotatable bonds is 6. The van der Waals surface area contributed by atoms with Crippen LogP contribution in [0.5, 0.6) is 0 Å². The lowest BCUT2D eigenvalue weighted by molar-refractivity contribution is -0.00518. The average Bonchev–Trinajstić information content (AvgIpc) is 3.15. The molecule has 4 aromatic carbocycles. The van der Waals surface area contributed by atoms with Crippen molar-refractivity contribution in [3.8, 4) is 62.5 Å². The SMILES string of the molecule is N#Cc1cccc(-c2nc(-c3ccccc3)nc(-c3cc(-c4ccncc4)cc(-c4ccc(C56C[C@H]7C[C@@H](C5)C[C@@H](C6)C7)cc4)c3)n2)c1. The van der Waals surface area contributed by atoms with Crippen molar-refractivity contribution in [2.75, 3.05) is 0 Å². The molecule has 4 fully saturated rings. The molecule has 5 nitrogen and oxygen atoms in total. The second-order valence-electron chi connectivity index (χ2n) is 14.2. The summed E-state index contributed by atoms with van der Waals surface area (Å²) < 4.78 is 0. The Morgan fingerprint density at radius 1 is 0.500 bits per heavy atom. The molecule has 0 spiro atoms. The van der Waals surface area contributed by atoms with Gasteiger partial charge in [-0.25, -0.2) is 15.0 Å². The minimum atomic E-state index is 0.370. The largest absolute Gasteiger partial charge is 0.265 e. The van der Waals surface area contributed by atoms with Gasteiger partial charge in [0.1, 0.15) is 0 Å². The lowest BCUT2D eigenvalue weighted by atomic mass is 9.48. The van der Waals surface area contributed by atoms with Crippen LogP contribution in [0, 0.1) is 29.1 Å². The average molecular weight is 622 g/mol. The van der Waals surface area contributed by atoms with Crippen LogP contribution < -0.4 is 0 Å². The van der Waals surface area contributed by atoms with Crippen molar-refractivity contribution >= 4 is 0 Å². The van der Waals surface area contributed by atoms with Gasteiger partial charge in [0, 0.05) is 29.1 Å². The molecular weight excluding hydrogens is 587 g/mol. The normalized spacial score (nSPS) is 22.4. The number of aromatic nitrogens is 4. The number of benzene rings is 4. The van der Waals surface area contributed by atoms with Crippen molar-refractivity contribution in [2.24, 2.45) is 17.8 Å². The molecular formula is C43H35N5. The first kappa shape index (κ1) is 28.7. The van der Waals surface area contributed by atoms with Gasteiger partial charge in [-0.3, -0.25) is 4.98 Å². The maximum absolute atomic E-state index is 9.59. The van der Waals surface area contributed by atoms with Gasteiger partial charge in [-0.1, -0.05) is 66.7 Å². The third-order valence-electron chi connectivity index (χ3n) is 11.0. The van der Waals surface area contributed by atoms with Crippen LogP contribution in [0.3, 0.4) is 0 Å². The monoisotopic (exact) mass is 621 g/mol. The van der Waals surface area contributed by atoms with E-state index in [0.717, 1.165) is 51.1 Å². The predicted molar refractivity (Wildman–Crippen MR) is 189 cm³/mol. The number of nitrogens with zero attached hydrogens (tertiary/aromatic N) is 5. The molecule has 2 heterocycles. The van der Waals surface area contributed by atoms with Gasteiger partial charge < -0.3 is 0 Å². The van der Waals surface area contributed by atoms with Crippen LogP contribution in [0.25, 0.3) is 56.4 Å². The topological polar surface area (TPSA) is 75.3 Å². The van der Waals surface area contributed by atoms with Crippen molar-refractivity contribution in [2.45, 2.75) is 43.9 Å². The van der Waals surface area contributed by atoms with Crippen LogP contribution >= 0.6 is 0 Å². The summed E-state index contributed by atoms with van der Waals surface area (Å²) in [6.45, 7) is 0. The summed E-state index contributed by atoms with van der Waals surface area (Å²) in [6.07, 6.45) is 12.1. The van der Waals surface area contributed by atoms with Crippen LogP contribution in [-0.4, -0.2) is 19.9 Å². The van der Waals surface area contributed by atoms with Crippen molar-refractivity contribution in [3.05, 3.63) is 133 Å². The van der Waals surface area contributed by atoms with Crippen molar-refractivity contribution in [3.63, 3.8) is 0 Å². The number of hydrogen-bond donors (Lipinski definition) is 0. The molecule has 0 radical (unpaired) electrons. The number of pyridine rings is 1. The second-order valence-corrected chi connectivity index (χ2v) is 14.2. The highest BCUT2D eigenvalue weighted by Crippen LogP contribution is 2.60. The van der Waals surface area contributed by atoms with E-state index < -0.39 is 0 Å². The summed E-state index contributed by atoms with van der Waals surface area (Å²) in [5.74, 6) is 4.47. The molecule has 0 atom stereocenters. The molecule has 2 aromatic heterocycles. The zero-order chi connectivity index (χ0) is 32.1. The highest BCUT2D eigenvalue weighted by atomic mass is 15.0. The van der Waals surface area contributed by atoms with Crippen molar-refractivity contribution < 1.29 is 0 Å². The van der Waals surface area contributed by atoms with Crippen molar-refractivity contribution in [1.29, 1.82) is 5.26 Å². The van der Waals surface area contributed by atoms with Crippen LogP contribution in [0.1, 0.15) is 49.7 Å². The second kappa shape index (κ2) is 11.6. The Kier molecular flexibility index (Phi) is 6.97. The zero-order valence-corrected chi connectivity index (χ0v) is 26.8. The summed E-state index contributed by atoms with van der Waals surface area (Å²) in [4.78, 5) is 19.2. The molecule has 6 aromatic rings. The first-order valence-electron chi connectivity index (χ1n) is 17.1. The van der Waals surface area contributed by atoms with Crippen LogP contribution in [0.2, 0.25) is 0 Å². The molecule has 0 amide bonds. The first-order valence-corrected chi connectivity index (χ1v) is 17.1. The van der Waals surface area contributed by atoms with E-state index in [9.17, 15) is 5.26 Å². The highest BCUT2D eigenvalue weighted by Gasteiger charge is 2.51. The minimum Gasteiger partial charge on any atom is -0.265 e. The summed E-state index contributed by atoms with van der Waals surface area (Å²) >= 11 is 0. The molecule has 5 heteroatoms. The van der Waals surface area contributed by atoms with Crippen LogP contribution in [0.15, 0.2) is 122 Å². The lowest BCUT2D eigenvalue weighted by Gasteiger charge is -2.57. The van der Waals surface area contributed by atoms with Gasteiger partial charge in [-0.05, 0) is 132 Å². The summed E-state index contributed by atoms with van der Waals surface area (Å²) in [5, 5.41) is 9.59. The molecule has 0 aliphatic heterocycles. The van der Waals surface area contributed by atoms with E-state index in [1.807, 2.05) is 73.1 Å². The fourth-order valence-corrected chi connectivity index (χ4v) is 9.19. The van der Waals surface area contributed by atoms with E-state index in [1.54, 1.807) is 6.07 Å². The molecule has 4 bridgehead atoms. The van der Waals surface area contributed by atoms with Gasteiger partial charge in [0.25, 0.3) is 0 Å². The first-order chi connectivity index (χ1) is 23.6. The molecule has 4 aliphatic rings. The van der Waals surface area contributed by atoms with Gasteiger partial charge >= 0.3 is 0 Å². The number of hydrogen-bond acceptors (Lipinski definition) is 5. The lowest BCUT2D eigenvalue weighted by Crippen LogP contribution is -2.48. The van der Waals surface area contributed by atoms with E-state index in [4.69, 9.17) is 15.0 Å². The Balaban J connectivity index is 1.17. The highest BCUT2D eigenvalue weighted by molar-refractivity contribution is 5.80. The van der Waals surface area contributed by atoms with E-state index in [1.165, 1.54) is 49.7 Å². The fourth-order valence-electron chi connectivity index (χ4n) is 9.19. The molecule has 0 N–H and O–H groups in total. The van der Waals surface area contributed by atoms with Gasteiger partial charge in [-0.2, -0.15) is 5.26 Å².